The molecule has 1 heterocycles. The summed E-state index contributed by atoms with van der Waals surface area (Å²) in [6, 6.07) is 15.6. The third kappa shape index (κ3) is 4.15. The molecule has 0 spiro atoms. The summed E-state index contributed by atoms with van der Waals surface area (Å²) < 4.78 is 0. The van der Waals surface area contributed by atoms with Gasteiger partial charge in [0, 0.05) is 31.1 Å². The van der Waals surface area contributed by atoms with Gasteiger partial charge in [-0.1, -0.05) is 57.2 Å². The van der Waals surface area contributed by atoms with Gasteiger partial charge in [0.05, 0.1) is 0 Å². The quantitative estimate of drug-likeness (QED) is 0.926. The average Bonchev–Trinajstić information content (AvgIpc) is 2.55. The summed E-state index contributed by atoms with van der Waals surface area (Å²) in [6.45, 7) is 8.99. The molecule has 3 nitrogen and oxygen atoms in total. The van der Waals surface area contributed by atoms with Gasteiger partial charge in [0.25, 0.3) is 0 Å². The molecule has 0 bridgehead atoms. The van der Waals surface area contributed by atoms with Crippen molar-refractivity contribution >= 4 is 16.7 Å². The van der Waals surface area contributed by atoms with Gasteiger partial charge in [-0.3, -0.25) is 9.69 Å². The second-order valence-electron chi connectivity index (χ2n) is 7.96. The van der Waals surface area contributed by atoms with Crippen LogP contribution in [-0.2, 0) is 11.3 Å². The van der Waals surface area contributed by atoms with Crippen LogP contribution in [0.5, 0.6) is 0 Å². The predicted molar refractivity (Wildman–Crippen MR) is 99.8 cm³/mol. The zero-order valence-electron chi connectivity index (χ0n) is 15.0. The number of amides is 1. The molecule has 1 saturated heterocycles. The average molecular weight is 324 g/mol. The van der Waals surface area contributed by atoms with Gasteiger partial charge in [-0.15, -0.1) is 0 Å². The van der Waals surface area contributed by atoms with Gasteiger partial charge < -0.3 is 5.32 Å². The molecule has 128 valence electrons. The van der Waals surface area contributed by atoms with Crippen LogP contribution in [0.15, 0.2) is 42.5 Å². The Morgan fingerprint density at radius 3 is 2.42 bits per heavy atom. The minimum atomic E-state index is -0.303. The molecule has 1 N–H and O–H groups in total. The Labute approximate surface area is 145 Å². The highest BCUT2D eigenvalue weighted by atomic mass is 16.2. The van der Waals surface area contributed by atoms with Gasteiger partial charge >= 0.3 is 0 Å². The number of likely N-dealkylation sites (tertiary alicyclic amines) is 1. The summed E-state index contributed by atoms with van der Waals surface area (Å²) >= 11 is 0. The maximum Gasteiger partial charge on any atom is 0.225 e. The van der Waals surface area contributed by atoms with E-state index in [-0.39, 0.29) is 11.3 Å². The highest BCUT2D eigenvalue weighted by Crippen LogP contribution is 2.20. The van der Waals surface area contributed by atoms with Crippen molar-refractivity contribution in [2.75, 3.05) is 13.1 Å². The van der Waals surface area contributed by atoms with Crippen molar-refractivity contribution in [3.05, 3.63) is 48.0 Å². The van der Waals surface area contributed by atoms with E-state index in [2.05, 4.69) is 52.7 Å². The number of piperidine rings is 1. The number of nitrogens with zero attached hydrogens (tertiary/aromatic N) is 1. The van der Waals surface area contributed by atoms with Crippen LogP contribution in [0, 0.1) is 5.41 Å². The molecule has 2 aromatic rings. The molecule has 2 aromatic carbocycles. The second-order valence-corrected chi connectivity index (χ2v) is 7.96. The normalized spacial score (nSPS) is 17.1. The van der Waals surface area contributed by atoms with Crippen LogP contribution >= 0.6 is 0 Å². The SMILES string of the molecule is CC(C)(C)C(=O)NC1CCN(Cc2ccc3ccccc3c2)CC1. The van der Waals surface area contributed by atoms with Gasteiger partial charge in [-0.25, -0.2) is 0 Å². The van der Waals surface area contributed by atoms with E-state index < -0.39 is 0 Å². The lowest BCUT2D eigenvalue weighted by Gasteiger charge is -2.33. The fourth-order valence-corrected chi connectivity index (χ4v) is 3.23. The number of fused-ring (bicyclic) bond motifs is 1. The predicted octanol–water partition coefficient (Wildman–Crippen LogP) is 3.97. The van der Waals surface area contributed by atoms with Crippen LogP contribution in [0.3, 0.4) is 0 Å². The second kappa shape index (κ2) is 6.94. The lowest BCUT2D eigenvalue weighted by molar-refractivity contribution is -0.129. The Bertz CT molecular complexity index is 709. The van der Waals surface area contributed by atoms with Gasteiger partial charge in [0.1, 0.15) is 0 Å². The summed E-state index contributed by atoms with van der Waals surface area (Å²) in [6.07, 6.45) is 2.07. The molecule has 3 rings (SSSR count). The summed E-state index contributed by atoms with van der Waals surface area (Å²) in [5.74, 6) is 0.162. The topological polar surface area (TPSA) is 32.3 Å². The molecular formula is C21H28N2O. The van der Waals surface area contributed by atoms with Crippen LogP contribution in [0.4, 0.5) is 0 Å². The molecule has 0 aliphatic carbocycles. The first-order valence-corrected chi connectivity index (χ1v) is 8.93. The maximum atomic E-state index is 12.1. The van der Waals surface area contributed by atoms with Crippen molar-refractivity contribution in [2.45, 2.75) is 46.2 Å². The third-order valence-corrected chi connectivity index (χ3v) is 4.82. The molecule has 0 saturated carbocycles. The number of rotatable bonds is 3. The van der Waals surface area contributed by atoms with Crippen LogP contribution in [0.1, 0.15) is 39.2 Å². The monoisotopic (exact) mass is 324 g/mol. The fraction of sp³-hybridized carbons (Fsp3) is 0.476. The van der Waals surface area contributed by atoms with E-state index in [4.69, 9.17) is 0 Å². The van der Waals surface area contributed by atoms with E-state index in [1.807, 2.05) is 20.8 Å². The molecular weight excluding hydrogens is 296 g/mol. The first-order valence-electron chi connectivity index (χ1n) is 8.93. The van der Waals surface area contributed by atoms with Gasteiger partial charge in [0.15, 0.2) is 0 Å². The van der Waals surface area contributed by atoms with Crippen molar-refractivity contribution in [1.29, 1.82) is 0 Å². The first-order chi connectivity index (χ1) is 11.4. The van der Waals surface area contributed by atoms with E-state index in [1.165, 1.54) is 16.3 Å². The van der Waals surface area contributed by atoms with E-state index in [9.17, 15) is 4.79 Å². The van der Waals surface area contributed by atoms with Crippen molar-refractivity contribution in [1.82, 2.24) is 10.2 Å². The molecule has 24 heavy (non-hydrogen) atoms. The van der Waals surface area contributed by atoms with Crippen LogP contribution in [0.2, 0.25) is 0 Å². The molecule has 0 aromatic heterocycles. The lowest BCUT2D eigenvalue weighted by Crippen LogP contribution is -2.47. The summed E-state index contributed by atoms with van der Waals surface area (Å²) in [7, 11) is 0. The Hall–Kier alpha value is -1.87. The minimum absolute atomic E-state index is 0.162. The molecule has 3 heteroatoms. The summed E-state index contributed by atoms with van der Waals surface area (Å²) in [5, 5.41) is 5.81. The Morgan fingerprint density at radius 2 is 1.75 bits per heavy atom. The highest BCUT2D eigenvalue weighted by molar-refractivity contribution is 5.83. The van der Waals surface area contributed by atoms with Crippen molar-refractivity contribution < 1.29 is 4.79 Å². The molecule has 0 atom stereocenters. The fourth-order valence-electron chi connectivity index (χ4n) is 3.23. The first kappa shape index (κ1) is 17.0. The summed E-state index contributed by atoms with van der Waals surface area (Å²) in [5.41, 5.74) is 1.06. The molecule has 1 aliphatic heterocycles. The Balaban J connectivity index is 1.54. The van der Waals surface area contributed by atoms with Crippen LogP contribution in [0.25, 0.3) is 10.8 Å². The number of carbonyl (C=O) groups excluding carboxylic acids is 1. The van der Waals surface area contributed by atoms with Crippen molar-refractivity contribution in [2.24, 2.45) is 5.41 Å². The molecule has 0 radical (unpaired) electrons. The Kier molecular flexibility index (Phi) is 4.91. The zero-order valence-corrected chi connectivity index (χ0v) is 15.0. The van der Waals surface area contributed by atoms with E-state index in [0.29, 0.717) is 6.04 Å². The molecule has 1 aliphatic rings. The van der Waals surface area contributed by atoms with Crippen molar-refractivity contribution in [3.8, 4) is 0 Å². The maximum absolute atomic E-state index is 12.1. The lowest BCUT2D eigenvalue weighted by atomic mass is 9.94. The summed E-state index contributed by atoms with van der Waals surface area (Å²) in [4.78, 5) is 14.6. The number of hydrogen-bond donors (Lipinski definition) is 1. The third-order valence-electron chi connectivity index (χ3n) is 4.82. The zero-order chi connectivity index (χ0) is 17.2. The van der Waals surface area contributed by atoms with Crippen LogP contribution in [-0.4, -0.2) is 29.9 Å². The number of nitrogens with one attached hydrogen (secondary N) is 1. The number of hydrogen-bond acceptors (Lipinski definition) is 2. The smallest absolute Gasteiger partial charge is 0.225 e. The Morgan fingerprint density at radius 1 is 1.08 bits per heavy atom. The van der Waals surface area contributed by atoms with E-state index in [1.54, 1.807) is 0 Å². The van der Waals surface area contributed by atoms with Crippen molar-refractivity contribution in [3.63, 3.8) is 0 Å². The number of carbonyl (C=O) groups is 1. The van der Waals surface area contributed by atoms with E-state index in [0.717, 1.165) is 32.5 Å². The largest absolute Gasteiger partial charge is 0.353 e. The standard InChI is InChI=1S/C21H28N2O/c1-21(2,3)20(24)22-19-10-12-23(13-11-19)15-16-8-9-17-6-4-5-7-18(17)14-16/h4-9,14,19H,10-13,15H2,1-3H3,(H,22,24). The minimum Gasteiger partial charge on any atom is -0.353 e. The van der Waals surface area contributed by atoms with Gasteiger partial charge in [-0.2, -0.15) is 0 Å². The molecule has 1 amide bonds. The molecule has 0 unspecified atom stereocenters. The van der Waals surface area contributed by atoms with Gasteiger partial charge in [-0.05, 0) is 35.2 Å². The van der Waals surface area contributed by atoms with Gasteiger partial charge in [0.2, 0.25) is 5.91 Å². The number of benzene rings is 2. The van der Waals surface area contributed by atoms with Crippen LogP contribution < -0.4 is 5.32 Å². The van der Waals surface area contributed by atoms with E-state index >= 15 is 0 Å². The molecule has 1 fully saturated rings. The highest BCUT2D eigenvalue weighted by Gasteiger charge is 2.26.